The SMILES string of the molecule is Cc1noc2nc(C3CC3)cc(C(=O)OCc3cc(=O)oc4ccc5ccccc5c34)c12. The van der Waals surface area contributed by atoms with E-state index in [1.54, 1.807) is 19.1 Å². The fraction of sp³-hybridized carbons (Fsp3) is 0.200. The van der Waals surface area contributed by atoms with Crippen LogP contribution in [0.2, 0.25) is 0 Å². The van der Waals surface area contributed by atoms with E-state index in [0.29, 0.717) is 39.4 Å². The number of fused-ring (bicyclic) bond motifs is 4. The van der Waals surface area contributed by atoms with E-state index in [1.807, 2.05) is 30.3 Å². The van der Waals surface area contributed by atoms with Crippen molar-refractivity contribution in [1.82, 2.24) is 10.1 Å². The lowest BCUT2D eigenvalue weighted by atomic mass is 10.0. The molecule has 3 aromatic heterocycles. The number of hydrogen-bond acceptors (Lipinski definition) is 7. The summed E-state index contributed by atoms with van der Waals surface area (Å²) in [5.41, 5.74) is 2.69. The van der Waals surface area contributed by atoms with Crippen LogP contribution in [0.1, 0.15) is 46.1 Å². The van der Waals surface area contributed by atoms with E-state index in [2.05, 4.69) is 10.1 Å². The molecule has 0 spiro atoms. The minimum atomic E-state index is -0.507. The van der Waals surface area contributed by atoms with Gasteiger partial charge in [-0.15, -0.1) is 0 Å². The number of benzene rings is 2. The van der Waals surface area contributed by atoms with Gasteiger partial charge in [-0.1, -0.05) is 35.5 Å². The van der Waals surface area contributed by atoms with Gasteiger partial charge in [0.1, 0.15) is 12.2 Å². The van der Waals surface area contributed by atoms with Crippen LogP contribution in [-0.2, 0) is 11.3 Å². The van der Waals surface area contributed by atoms with Gasteiger partial charge in [0.05, 0.1) is 16.6 Å². The van der Waals surface area contributed by atoms with E-state index in [1.165, 1.54) is 6.07 Å². The lowest BCUT2D eigenvalue weighted by Crippen LogP contribution is -2.09. The van der Waals surface area contributed by atoms with Gasteiger partial charge in [-0.25, -0.2) is 14.6 Å². The van der Waals surface area contributed by atoms with Gasteiger partial charge in [-0.3, -0.25) is 0 Å². The molecule has 0 saturated heterocycles. The summed E-state index contributed by atoms with van der Waals surface area (Å²) in [5, 5.41) is 7.22. The Morgan fingerprint density at radius 3 is 2.81 bits per heavy atom. The third-order valence-corrected chi connectivity index (χ3v) is 5.93. The summed E-state index contributed by atoms with van der Waals surface area (Å²) < 4.78 is 16.4. The third-order valence-electron chi connectivity index (χ3n) is 5.93. The van der Waals surface area contributed by atoms with Gasteiger partial charge in [-0.05, 0) is 42.7 Å². The van der Waals surface area contributed by atoms with Gasteiger partial charge in [0, 0.05) is 28.6 Å². The first-order valence-electron chi connectivity index (χ1n) is 10.5. The highest BCUT2D eigenvalue weighted by Crippen LogP contribution is 2.40. The van der Waals surface area contributed by atoms with Gasteiger partial charge in [0.15, 0.2) is 0 Å². The molecule has 0 N–H and O–H groups in total. The van der Waals surface area contributed by atoms with Crippen LogP contribution >= 0.6 is 0 Å². The number of ether oxygens (including phenoxy) is 1. The molecule has 0 amide bonds. The van der Waals surface area contributed by atoms with Gasteiger partial charge < -0.3 is 13.7 Å². The molecular weight excluding hydrogens is 408 g/mol. The quantitative estimate of drug-likeness (QED) is 0.226. The van der Waals surface area contributed by atoms with Crippen LogP contribution in [0.15, 0.2) is 62.3 Å². The first-order valence-corrected chi connectivity index (χ1v) is 10.5. The van der Waals surface area contributed by atoms with Crippen LogP contribution in [0.25, 0.3) is 32.8 Å². The standard InChI is InChI=1S/C25H18N2O5/c1-13-22-18(11-19(15-6-7-15)26-24(22)32-27-13)25(29)30-12-16-10-21(28)31-20-9-8-14-4-2-3-5-17(14)23(16)20/h2-5,8-11,15H,6-7,12H2,1H3. The van der Waals surface area contributed by atoms with Gasteiger partial charge >= 0.3 is 11.6 Å². The average Bonchev–Trinajstić information content (AvgIpc) is 3.59. The fourth-order valence-corrected chi connectivity index (χ4v) is 4.22. The Kier molecular flexibility index (Phi) is 4.11. The molecule has 0 aliphatic heterocycles. The Morgan fingerprint density at radius 1 is 1.12 bits per heavy atom. The number of aromatic nitrogens is 2. The smallest absolute Gasteiger partial charge is 0.339 e. The van der Waals surface area contributed by atoms with Crippen molar-refractivity contribution >= 4 is 38.8 Å². The number of carbonyl (C=O) groups is 1. The van der Waals surface area contributed by atoms with E-state index < -0.39 is 11.6 Å². The second-order valence-corrected chi connectivity index (χ2v) is 8.14. The molecular formula is C25H18N2O5. The molecule has 0 bridgehead atoms. The summed E-state index contributed by atoms with van der Waals surface area (Å²) in [5.74, 6) is -0.169. The number of aryl methyl sites for hydroxylation is 1. The summed E-state index contributed by atoms with van der Waals surface area (Å²) in [6, 6.07) is 14.6. The minimum absolute atomic E-state index is 0.0676. The van der Waals surface area contributed by atoms with Gasteiger partial charge in [0.25, 0.3) is 5.71 Å². The Labute approximate surface area is 181 Å². The Hall–Kier alpha value is -4.00. The summed E-state index contributed by atoms with van der Waals surface area (Å²) in [7, 11) is 0. The topological polar surface area (TPSA) is 95.4 Å². The zero-order valence-electron chi connectivity index (χ0n) is 17.3. The third kappa shape index (κ3) is 3.05. The summed E-state index contributed by atoms with van der Waals surface area (Å²) in [6.07, 6.45) is 2.08. The molecule has 1 aliphatic rings. The van der Waals surface area contributed by atoms with Crippen molar-refractivity contribution < 1.29 is 18.5 Å². The minimum Gasteiger partial charge on any atom is -0.457 e. The Morgan fingerprint density at radius 2 is 1.97 bits per heavy atom. The highest BCUT2D eigenvalue weighted by Gasteiger charge is 2.29. The largest absolute Gasteiger partial charge is 0.457 e. The summed E-state index contributed by atoms with van der Waals surface area (Å²) in [4.78, 5) is 29.8. The van der Waals surface area contributed by atoms with Crippen LogP contribution in [-0.4, -0.2) is 16.1 Å². The Balaban J connectivity index is 1.41. The van der Waals surface area contributed by atoms with Crippen LogP contribution < -0.4 is 5.63 Å². The summed E-state index contributed by atoms with van der Waals surface area (Å²) >= 11 is 0. The predicted molar refractivity (Wildman–Crippen MR) is 118 cm³/mol. The van der Waals surface area contributed by atoms with Gasteiger partial charge in [-0.2, -0.15) is 0 Å². The molecule has 7 nitrogen and oxygen atoms in total. The van der Waals surface area contributed by atoms with Crippen molar-refractivity contribution in [1.29, 1.82) is 0 Å². The van der Waals surface area contributed by atoms with Crippen molar-refractivity contribution in [3.05, 3.63) is 81.5 Å². The molecule has 0 atom stereocenters. The molecule has 7 heteroatoms. The molecule has 2 aromatic carbocycles. The molecule has 0 unspecified atom stereocenters. The second kappa shape index (κ2) is 7.02. The number of hydrogen-bond donors (Lipinski definition) is 0. The lowest BCUT2D eigenvalue weighted by molar-refractivity contribution is 0.0476. The van der Waals surface area contributed by atoms with Crippen molar-refractivity contribution in [2.75, 3.05) is 0 Å². The van der Waals surface area contributed by atoms with Crippen molar-refractivity contribution in [2.45, 2.75) is 32.3 Å². The summed E-state index contributed by atoms with van der Waals surface area (Å²) in [6.45, 7) is 1.70. The van der Waals surface area contributed by atoms with E-state index in [9.17, 15) is 9.59 Å². The van der Waals surface area contributed by atoms with E-state index in [0.717, 1.165) is 34.7 Å². The average molecular weight is 426 g/mol. The zero-order chi connectivity index (χ0) is 21.8. The molecule has 6 rings (SSSR count). The van der Waals surface area contributed by atoms with Crippen LogP contribution in [0.3, 0.4) is 0 Å². The van der Waals surface area contributed by atoms with E-state index >= 15 is 0 Å². The predicted octanol–water partition coefficient (Wildman–Crippen LogP) is 5.03. The second-order valence-electron chi connectivity index (χ2n) is 8.14. The highest BCUT2D eigenvalue weighted by molar-refractivity contribution is 6.07. The maximum atomic E-state index is 13.1. The normalized spacial score (nSPS) is 13.8. The first-order chi connectivity index (χ1) is 15.6. The maximum absolute atomic E-state index is 13.1. The monoisotopic (exact) mass is 426 g/mol. The molecule has 3 heterocycles. The van der Waals surface area contributed by atoms with Crippen LogP contribution in [0.5, 0.6) is 0 Å². The molecule has 1 saturated carbocycles. The molecule has 1 fully saturated rings. The molecule has 158 valence electrons. The number of rotatable bonds is 4. The molecule has 5 aromatic rings. The molecule has 32 heavy (non-hydrogen) atoms. The van der Waals surface area contributed by atoms with Crippen molar-refractivity contribution in [2.24, 2.45) is 0 Å². The molecule has 1 aliphatic carbocycles. The fourth-order valence-electron chi connectivity index (χ4n) is 4.22. The maximum Gasteiger partial charge on any atom is 0.339 e. The van der Waals surface area contributed by atoms with E-state index in [4.69, 9.17) is 13.7 Å². The van der Waals surface area contributed by atoms with Crippen LogP contribution in [0.4, 0.5) is 0 Å². The van der Waals surface area contributed by atoms with Crippen molar-refractivity contribution in [3.8, 4) is 0 Å². The number of pyridine rings is 1. The van der Waals surface area contributed by atoms with Gasteiger partial charge in [0.2, 0.25) is 0 Å². The lowest BCUT2D eigenvalue weighted by Gasteiger charge is -2.10. The van der Waals surface area contributed by atoms with E-state index in [-0.39, 0.29) is 6.61 Å². The Bertz CT molecular complexity index is 1590. The number of nitrogens with zero attached hydrogens (tertiary/aromatic N) is 2. The van der Waals surface area contributed by atoms with Crippen LogP contribution in [0, 0.1) is 6.92 Å². The number of carbonyl (C=O) groups excluding carboxylic acids is 1. The highest BCUT2D eigenvalue weighted by atomic mass is 16.5. The molecule has 0 radical (unpaired) electrons. The zero-order valence-corrected chi connectivity index (χ0v) is 17.3. The number of esters is 1. The van der Waals surface area contributed by atoms with Crippen molar-refractivity contribution in [3.63, 3.8) is 0 Å². The first kappa shape index (κ1) is 18.7.